The Labute approximate surface area is 295 Å². The van der Waals surface area contributed by atoms with E-state index in [1.165, 1.54) is 17.8 Å². The summed E-state index contributed by atoms with van der Waals surface area (Å²) in [6, 6.07) is 16.7. The van der Waals surface area contributed by atoms with E-state index in [4.69, 9.17) is 0 Å². The Morgan fingerprint density at radius 3 is 2.55 bits per heavy atom. The molecule has 3 aliphatic heterocycles. The molecule has 4 aromatic rings. The zero-order valence-corrected chi connectivity index (χ0v) is 29.1. The third kappa shape index (κ3) is 6.77. The average molecular weight is 694 g/mol. The molecule has 264 valence electrons. The summed E-state index contributed by atoms with van der Waals surface area (Å²) in [6.45, 7) is 7.70. The summed E-state index contributed by atoms with van der Waals surface area (Å²) in [4.78, 5) is 41.1. The number of aliphatic imine (C=N–C) groups is 1. The van der Waals surface area contributed by atoms with Crippen molar-refractivity contribution >= 4 is 46.5 Å². The molecule has 5 heterocycles. The van der Waals surface area contributed by atoms with Gasteiger partial charge in [0, 0.05) is 75.6 Å². The average Bonchev–Trinajstić information content (AvgIpc) is 3.83. The van der Waals surface area contributed by atoms with Gasteiger partial charge in [0.15, 0.2) is 5.84 Å². The van der Waals surface area contributed by atoms with Gasteiger partial charge in [-0.2, -0.15) is 19.0 Å². The number of hydrogen-bond acceptors (Lipinski definition) is 7. The van der Waals surface area contributed by atoms with Crippen LogP contribution in [0.1, 0.15) is 43.0 Å². The van der Waals surface area contributed by atoms with E-state index in [1.807, 2.05) is 54.2 Å². The smallest absolute Gasteiger partial charge is 0.286 e. The highest BCUT2D eigenvalue weighted by atomic mass is 19.3. The first kappa shape index (κ1) is 34.2. The van der Waals surface area contributed by atoms with Gasteiger partial charge in [-0.1, -0.05) is 30.3 Å². The Bertz CT molecular complexity index is 2050. The zero-order chi connectivity index (χ0) is 35.9. The van der Waals surface area contributed by atoms with Crippen molar-refractivity contribution in [2.75, 3.05) is 58.3 Å². The predicted octanol–water partition coefficient (Wildman–Crippen LogP) is 5.41. The number of amidine groups is 1. The lowest BCUT2D eigenvalue weighted by atomic mass is 9.85. The molecule has 0 radical (unpaired) electrons. The van der Waals surface area contributed by atoms with Crippen molar-refractivity contribution in [2.24, 2.45) is 15.5 Å². The molecule has 1 atom stereocenters. The molecule has 0 aliphatic carbocycles. The van der Waals surface area contributed by atoms with Gasteiger partial charge in [-0.15, -0.1) is 0 Å². The Kier molecular flexibility index (Phi) is 9.00. The van der Waals surface area contributed by atoms with Crippen LogP contribution in [0, 0.1) is 5.41 Å². The minimum Gasteiger partial charge on any atom is -0.338 e. The van der Waals surface area contributed by atoms with E-state index in [1.54, 1.807) is 11.1 Å². The number of pyridine rings is 1. The number of carbonyl (C=O) groups excluding carboxylic acids is 2. The highest BCUT2D eigenvalue weighted by molar-refractivity contribution is 6.03. The number of nitrogens with one attached hydrogen (secondary N) is 1. The second-order valence-electron chi connectivity index (χ2n) is 13.9. The molecule has 51 heavy (non-hydrogen) atoms. The van der Waals surface area contributed by atoms with Crippen LogP contribution in [0.2, 0.25) is 0 Å². The quantitative estimate of drug-likeness (QED) is 0.150. The number of H-pyrrole nitrogens is 1. The molecule has 11 nitrogen and oxygen atoms in total. The fraction of sp³-hybridized carbons (Fsp3) is 0.368. The van der Waals surface area contributed by atoms with Gasteiger partial charge in [-0.05, 0) is 74.0 Å². The fourth-order valence-corrected chi connectivity index (χ4v) is 7.40. The standard InChI is InChI=1S/C38H41F2N9O2/c1-37(39,40)32-21-28(11-16-42-32)34-30-22-29(9-10-31(30)43-44-34)49-20-15-38(36(49)51)14-19-47(24-38)23-33(50)48-17-12-26(13-18-48)25-5-7-27(8-6-25)35(41-2)45-46(3)4/h5-12,16,21-22H,2,13-15,17-20,23-24H2,1,3-4H3,(H,43,44)/b45-35-/t38-/m0/s1. The largest absolute Gasteiger partial charge is 0.338 e. The maximum absolute atomic E-state index is 14.0. The van der Waals surface area contributed by atoms with E-state index < -0.39 is 11.3 Å². The number of rotatable bonds is 8. The number of carbonyl (C=O) groups is 2. The van der Waals surface area contributed by atoms with Crippen molar-refractivity contribution in [1.29, 1.82) is 0 Å². The Morgan fingerprint density at radius 2 is 1.84 bits per heavy atom. The number of anilines is 1. The predicted molar refractivity (Wildman–Crippen MR) is 195 cm³/mol. The Morgan fingerprint density at radius 1 is 1.06 bits per heavy atom. The highest BCUT2D eigenvalue weighted by Gasteiger charge is 2.51. The number of likely N-dealkylation sites (tertiary alicyclic amines) is 1. The first-order valence-corrected chi connectivity index (χ1v) is 17.1. The summed E-state index contributed by atoms with van der Waals surface area (Å²) >= 11 is 0. The minimum absolute atomic E-state index is 0.0548. The van der Waals surface area contributed by atoms with E-state index in [9.17, 15) is 18.4 Å². The van der Waals surface area contributed by atoms with Crippen LogP contribution in [0.3, 0.4) is 0 Å². The number of nitrogens with zero attached hydrogens (tertiary/aromatic N) is 8. The summed E-state index contributed by atoms with van der Waals surface area (Å²) in [5.74, 6) is -2.39. The molecule has 2 saturated heterocycles. The lowest BCUT2D eigenvalue weighted by Crippen LogP contribution is -2.43. The van der Waals surface area contributed by atoms with Gasteiger partial charge in [0.05, 0.1) is 17.5 Å². The molecule has 7 rings (SSSR count). The van der Waals surface area contributed by atoms with E-state index in [2.05, 4.69) is 55.1 Å². The molecule has 0 bridgehead atoms. The number of hydrogen-bond donors (Lipinski definition) is 1. The number of aromatic amines is 1. The van der Waals surface area contributed by atoms with Crippen LogP contribution in [-0.2, 0) is 15.5 Å². The number of amides is 2. The van der Waals surface area contributed by atoms with E-state index in [0.717, 1.165) is 41.1 Å². The van der Waals surface area contributed by atoms with Gasteiger partial charge < -0.3 is 14.8 Å². The monoisotopic (exact) mass is 693 g/mol. The van der Waals surface area contributed by atoms with Crippen molar-refractivity contribution < 1.29 is 18.4 Å². The van der Waals surface area contributed by atoms with Gasteiger partial charge in [0.1, 0.15) is 11.4 Å². The summed E-state index contributed by atoms with van der Waals surface area (Å²) < 4.78 is 28.0. The van der Waals surface area contributed by atoms with Crippen molar-refractivity contribution in [3.8, 4) is 11.3 Å². The van der Waals surface area contributed by atoms with Crippen LogP contribution >= 0.6 is 0 Å². The number of benzene rings is 2. The second kappa shape index (κ2) is 13.4. The first-order chi connectivity index (χ1) is 24.4. The number of hydrazone groups is 1. The summed E-state index contributed by atoms with van der Waals surface area (Å²) in [6.07, 6.45) is 5.64. The SMILES string of the molecule is C=N/C(=N\N(C)C)c1ccc(C2=CCN(C(=O)CN3CC[C@]4(CCN(c5ccc6[nH]nc(-c7ccnc(C(C)(F)F)c7)c6c5)C4=O)C3)CC2)cc1. The molecule has 0 saturated carbocycles. The van der Waals surface area contributed by atoms with Crippen LogP contribution in [0.15, 0.2) is 77.0 Å². The molecule has 2 fully saturated rings. The lowest BCUT2D eigenvalue weighted by molar-refractivity contribution is -0.132. The van der Waals surface area contributed by atoms with Gasteiger partial charge in [-0.3, -0.25) is 24.6 Å². The number of fused-ring (bicyclic) bond motifs is 1. The fourth-order valence-electron chi connectivity index (χ4n) is 7.40. The maximum Gasteiger partial charge on any atom is 0.286 e. The zero-order valence-electron chi connectivity index (χ0n) is 29.1. The van der Waals surface area contributed by atoms with Crippen LogP contribution in [0.4, 0.5) is 14.5 Å². The third-order valence-electron chi connectivity index (χ3n) is 10.2. The van der Waals surface area contributed by atoms with E-state index >= 15 is 0 Å². The second-order valence-corrected chi connectivity index (χ2v) is 13.9. The molecule has 13 heteroatoms. The third-order valence-corrected chi connectivity index (χ3v) is 10.2. The van der Waals surface area contributed by atoms with E-state index in [-0.39, 0.29) is 24.1 Å². The molecule has 2 amide bonds. The molecule has 1 N–H and O–H groups in total. The Balaban J connectivity index is 0.979. The molecule has 2 aromatic carbocycles. The molecule has 0 unspecified atom stereocenters. The van der Waals surface area contributed by atoms with Crippen LogP contribution < -0.4 is 4.90 Å². The van der Waals surface area contributed by atoms with Gasteiger partial charge >= 0.3 is 0 Å². The van der Waals surface area contributed by atoms with Crippen LogP contribution in [0.5, 0.6) is 0 Å². The topological polar surface area (TPSA) is 113 Å². The number of aromatic nitrogens is 3. The summed E-state index contributed by atoms with van der Waals surface area (Å²) in [5, 5.41) is 14.2. The lowest BCUT2D eigenvalue weighted by Gasteiger charge is -2.29. The van der Waals surface area contributed by atoms with Crippen LogP contribution in [-0.4, -0.2) is 108 Å². The minimum atomic E-state index is -3.08. The van der Waals surface area contributed by atoms with E-state index in [0.29, 0.717) is 62.7 Å². The maximum atomic E-state index is 14.0. The molecular weight excluding hydrogens is 652 g/mol. The van der Waals surface area contributed by atoms with Crippen molar-refractivity contribution in [3.63, 3.8) is 0 Å². The first-order valence-electron chi connectivity index (χ1n) is 17.1. The molecular formula is C38H41F2N9O2. The van der Waals surface area contributed by atoms with Gasteiger partial charge in [0.2, 0.25) is 11.8 Å². The Hall–Kier alpha value is -5.30. The van der Waals surface area contributed by atoms with Crippen molar-refractivity contribution in [1.82, 2.24) is 30.0 Å². The summed E-state index contributed by atoms with van der Waals surface area (Å²) in [7, 11) is 3.68. The highest BCUT2D eigenvalue weighted by Crippen LogP contribution is 2.43. The number of alkyl halides is 2. The van der Waals surface area contributed by atoms with Crippen molar-refractivity contribution in [3.05, 3.63) is 83.7 Å². The summed E-state index contributed by atoms with van der Waals surface area (Å²) in [5.41, 5.74) is 4.85. The molecule has 2 aromatic heterocycles. The van der Waals surface area contributed by atoms with Gasteiger partial charge in [-0.25, -0.2) is 4.99 Å². The normalized spacial score (nSPS) is 20.1. The number of halogens is 2. The van der Waals surface area contributed by atoms with Crippen molar-refractivity contribution in [2.45, 2.75) is 32.1 Å². The van der Waals surface area contributed by atoms with Gasteiger partial charge in [0.25, 0.3) is 5.92 Å². The van der Waals surface area contributed by atoms with Crippen LogP contribution in [0.25, 0.3) is 27.7 Å². The molecule has 3 aliphatic rings. The molecule has 1 spiro atoms.